The van der Waals surface area contributed by atoms with E-state index < -0.39 is 5.82 Å². The van der Waals surface area contributed by atoms with Crippen molar-refractivity contribution in [3.8, 4) is 17.2 Å². The van der Waals surface area contributed by atoms with Crippen molar-refractivity contribution in [1.82, 2.24) is 4.90 Å². The van der Waals surface area contributed by atoms with Crippen molar-refractivity contribution in [2.24, 2.45) is 5.73 Å². The molecule has 0 unspecified atom stereocenters. The molecule has 26 heavy (non-hydrogen) atoms. The smallest absolute Gasteiger partial charge is 0.141 e. The molecule has 2 fully saturated rings. The van der Waals surface area contributed by atoms with E-state index in [2.05, 4.69) is 4.90 Å². The zero-order chi connectivity index (χ0) is 18.3. The molecule has 2 bridgehead atoms. The zero-order valence-electron chi connectivity index (χ0n) is 14.5. The Balaban J connectivity index is 1.64. The Labute approximate surface area is 158 Å². The van der Waals surface area contributed by atoms with Crippen molar-refractivity contribution in [1.29, 1.82) is 5.26 Å². The lowest BCUT2D eigenvalue weighted by Gasteiger charge is -2.38. The first-order chi connectivity index (χ1) is 12.6. The molecule has 2 aliphatic heterocycles. The second kappa shape index (κ2) is 7.00. The number of nitrogens with two attached hydrogens (primary N) is 1. The highest BCUT2D eigenvalue weighted by Gasteiger charge is 2.40. The van der Waals surface area contributed by atoms with E-state index in [0.29, 0.717) is 22.7 Å². The molecule has 2 saturated heterocycles. The molecular formula is C21H21ClFN3. The number of halogens is 2. The summed E-state index contributed by atoms with van der Waals surface area (Å²) >= 11 is 6.70. The molecular weight excluding hydrogens is 349 g/mol. The first-order valence-corrected chi connectivity index (χ1v) is 9.45. The van der Waals surface area contributed by atoms with E-state index in [4.69, 9.17) is 22.6 Å². The highest BCUT2D eigenvalue weighted by Crippen LogP contribution is 2.38. The summed E-state index contributed by atoms with van der Waals surface area (Å²) < 4.78 is 14.0. The fraction of sp³-hybridized carbons (Fsp3) is 0.381. The predicted molar refractivity (Wildman–Crippen MR) is 101 cm³/mol. The van der Waals surface area contributed by atoms with Crippen LogP contribution in [0.25, 0.3) is 11.1 Å². The van der Waals surface area contributed by atoms with Gasteiger partial charge in [-0.1, -0.05) is 35.9 Å². The first kappa shape index (κ1) is 17.5. The second-order valence-electron chi connectivity index (χ2n) is 7.30. The monoisotopic (exact) mass is 369 g/mol. The van der Waals surface area contributed by atoms with Crippen molar-refractivity contribution in [3.05, 3.63) is 58.4 Å². The minimum absolute atomic E-state index is 0.0416. The van der Waals surface area contributed by atoms with Gasteiger partial charge in [0.25, 0.3) is 0 Å². The number of hydrogen-bond donors (Lipinski definition) is 1. The van der Waals surface area contributed by atoms with Crippen molar-refractivity contribution in [3.63, 3.8) is 0 Å². The maximum absolute atomic E-state index is 14.0. The lowest BCUT2D eigenvalue weighted by Crippen LogP contribution is -2.50. The Bertz CT molecular complexity index is 876. The van der Waals surface area contributed by atoms with Crippen LogP contribution in [-0.2, 0) is 6.54 Å². The van der Waals surface area contributed by atoms with Crippen LogP contribution in [0.2, 0.25) is 5.02 Å². The normalized spacial score (nSPS) is 25.2. The summed E-state index contributed by atoms with van der Waals surface area (Å²) in [6, 6.07) is 13.6. The number of hydrogen-bond acceptors (Lipinski definition) is 3. The van der Waals surface area contributed by atoms with Gasteiger partial charge < -0.3 is 5.73 Å². The van der Waals surface area contributed by atoms with Gasteiger partial charge in [0, 0.05) is 30.2 Å². The van der Waals surface area contributed by atoms with E-state index in [1.54, 1.807) is 6.07 Å². The maximum atomic E-state index is 14.0. The minimum Gasteiger partial charge on any atom is -0.326 e. The predicted octanol–water partition coefficient (Wildman–Crippen LogP) is 4.47. The van der Waals surface area contributed by atoms with Crippen LogP contribution in [0.3, 0.4) is 0 Å². The Morgan fingerprint density at radius 1 is 1.19 bits per heavy atom. The summed E-state index contributed by atoms with van der Waals surface area (Å²) in [6.07, 6.45) is 4.61. The quantitative estimate of drug-likeness (QED) is 0.868. The average molecular weight is 370 g/mol. The molecule has 4 rings (SSSR count). The number of nitriles is 1. The molecule has 0 aliphatic carbocycles. The van der Waals surface area contributed by atoms with Gasteiger partial charge in [0.15, 0.2) is 0 Å². The van der Waals surface area contributed by atoms with Gasteiger partial charge in [0.05, 0.1) is 10.6 Å². The number of nitrogens with zero attached hydrogens (tertiary/aromatic N) is 2. The molecule has 2 N–H and O–H groups in total. The Morgan fingerprint density at radius 2 is 2.00 bits per heavy atom. The summed E-state index contributed by atoms with van der Waals surface area (Å²) in [5.74, 6) is -0.522. The van der Waals surface area contributed by atoms with E-state index >= 15 is 0 Å². The van der Waals surface area contributed by atoms with Crippen LogP contribution in [0.1, 0.15) is 36.8 Å². The lowest BCUT2D eigenvalue weighted by molar-refractivity contribution is 0.115. The summed E-state index contributed by atoms with van der Waals surface area (Å²) in [5.41, 5.74) is 8.88. The molecule has 2 aromatic rings. The van der Waals surface area contributed by atoms with Crippen LogP contribution in [0.15, 0.2) is 36.4 Å². The fourth-order valence-electron chi connectivity index (χ4n) is 4.45. The van der Waals surface area contributed by atoms with Crippen molar-refractivity contribution in [2.75, 3.05) is 0 Å². The van der Waals surface area contributed by atoms with Crippen LogP contribution in [0.5, 0.6) is 0 Å². The van der Waals surface area contributed by atoms with Gasteiger partial charge in [-0.2, -0.15) is 5.26 Å². The molecule has 5 heteroatoms. The van der Waals surface area contributed by atoms with Gasteiger partial charge in [-0.25, -0.2) is 4.39 Å². The third kappa shape index (κ3) is 3.01. The summed E-state index contributed by atoms with van der Waals surface area (Å²) in [4.78, 5) is 2.50. The van der Waals surface area contributed by atoms with Gasteiger partial charge >= 0.3 is 0 Å². The van der Waals surface area contributed by atoms with Gasteiger partial charge in [0.2, 0.25) is 0 Å². The van der Waals surface area contributed by atoms with Crippen LogP contribution in [-0.4, -0.2) is 23.0 Å². The standard InChI is InChI=1S/C21H21ClFN3/c22-21-15(12-26-16-6-8-19(25)20(26)9-7-16)2-1-3-17(21)13-4-5-14(11-24)18(23)10-13/h1-5,10,16,19-20H,6-9,12,25H2/t16-,19-,20-/m0/s1. The average Bonchev–Trinajstić information content (AvgIpc) is 2.93. The van der Waals surface area contributed by atoms with E-state index in [9.17, 15) is 4.39 Å². The Kier molecular flexibility index (Phi) is 4.71. The van der Waals surface area contributed by atoms with E-state index in [-0.39, 0.29) is 11.6 Å². The molecule has 134 valence electrons. The van der Waals surface area contributed by atoms with Gasteiger partial charge in [-0.3, -0.25) is 4.90 Å². The molecule has 2 aliphatic rings. The second-order valence-corrected chi connectivity index (χ2v) is 7.68. The topological polar surface area (TPSA) is 53.0 Å². The summed E-state index contributed by atoms with van der Waals surface area (Å²) in [6.45, 7) is 0.772. The van der Waals surface area contributed by atoms with Crippen LogP contribution in [0, 0.1) is 17.1 Å². The zero-order valence-corrected chi connectivity index (χ0v) is 15.2. The molecule has 0 aromatic heterocycles. The van der Waals surface area contributed by atoms with Gasteiger partial charge in [-0.05, 0) is 48.9 Å². The molecule has 3 nitrogen and oxygen atoms in total. The van der Waals surface area contributed by atoms with Crippen molar-refractivity contribution in [2.45, 2.75) is 50.4 Å². The minimum atomic E-state index is -0.522. The van der Waals surface area contributed by atoms with E-state index in [1.165, 1.54) is 18.6 Å². The Morgan fingerprint density at radius 3 is 2.77 bits per heavy atom. The summed E-state index contributed by atoms with van der Waals surface area (Å²) in [7, 11) is 0. The maximum Gasteiger partial charge on any atom is 0.141 e. The molecule has 2 heterocycles. The molecule has 0 spiro atoms. The van der Waals surface area contributed by atoms with E-state index in [0.717, 1.165) is 36.9 Å². The summed E-state index contributed by atoms with van der Waals surface area (Å²) in [5, 5.41) is 9.55. The number of fused-ring (bicyclic) bond motifs is 2. The molecule has 2 aromatic carbocycles. The first-order valence-electron chi connectivity index (χ1n) is 9.07. The molecule has 0 radical (unpaired) electrons. The van der Waals surface area contributed by atoms with Crippen LogP contribution < -0.4 is 5.73 Å². The lowest BCUT2D eigenvalue weighted by atomic mass is 9.96. The van der Waals surface area contributed by atoms with Crippen LogP contribution in [0.4, 0.5) is 4.39 Å². The van der Waals surface area contributed by atoms with Gasteiger partial charge in [-0.15, -0.1) is 0 Å². The fourth-order valence-corrected chi connectivity index (χ4v) is 4.75. The van der Waals surface area contributed by atoms with E-state index in [1.807, 2.05) is 24.3 Å². The highest BCUT2D eigenvalue weighted by atomic mass is 35.5. The number of piperidine rings is 1. The van der Waals surface area contributed by atoms with Crippen LogP contribution >= 0.6 is 11.6 Å². The third-order valence-electron chi connectivity index (χ3n) is 5.85. The number of benzene rings is 2. The van der Waals surface area contributed by atoms with Crippen molar-refractivity contribution >= 4 is 11.6 Å². The largest absolute Gasteiger partial charge is 0.326 e. The van der Waals surface area contributed by atoms with Gasteiger partial charge in [0.1, 0.15) is 11.9 Å². The number of rotatable bonds is 3. The molecule has 3 atom stereocenters. The molecule has 0 saturated carbocycles. The molecule has 0 amide bonds. The third-order valence-corrected chi connectivity index (χ3v) is 6.30. The Hall–Kier alpha value is -1.93. The van der Waals surface area contributed by atoms with Crippen molar-refractivity contribution < 1.29 is 4.39 Å². The SMILES string of the molecule is N#Cc1ccc(-c2cccc(CN3[C@H]4CC[C@H](N)[C@@H]3CC4)c2Cl)cc1F. The highest BCUT2D eigenvalue weighted by molar-refractivity contribution is 6.34.